The molecule has 1 aromatic carbocycles. The molecular formula is C24H26N2O3S. The Morgan fingerprint density at radius 1 is 1.27 bits per heavy atom. The molecule has 3 aromatic rings. The van der Waals surface area contributed by atoms with Crippen LogP contribution in [0.25, 0.3) is 10.2 Å². The summed E-state index contributed by atoms with van der Waals surface area (Å²) in [6, 6.07) is 9.92. The molecule has 2 aliphatic carbocycles. The second-order valence-electron chi connectivity index (χ2n) is 8.78. The van der Waals surface area contributed by atoms with Gasteiger partial charge in [0.15, 0.2) is 0 Å². The fraction of sp³-hybridized carbons (Fsp3) is 0.458. The van der Waals surface area contributed by atoms with E-state index in [0.717, 1.165) is 60.7 Å². The van der Waals surface area contributed by atoms with Gasteiger partial charge in [-0.3, -0.25) is 9.59 Å². The molecule has 30 heavy (non-hydrogen) atoms. The largest absolute Gasteiger partial charge is 0.457 e. The van der Waals surface area contributed by atoms with Gasteiger partial charge in [0, 0.05) is 4.88 Å². The van der Waals surface area contributed by atoms with E-state index in [4.69, 9.17) is 4.74 Å². The number of aromatic amines is 1. The van der Waals surface area contributed by atoms with E-state index >= 15 is 0 Å². The van der Waals surface area contributed by atoms with Gasteiger partial charge in [-0.1, -0.05) is 50.1 Å². The molecule has 0 aliphatic heterocycles. The highest BCUT2D eigenvalue weighted by molar-refractivity contribution is 7.18. The summed E-state index contributed by atoms with van der Waals surface area (Å²) in [5.41, 5.74) is 1.49. The third-order valence-electron chi connectivity index (χ3n) is 6.73. The number of rotatable bonds is 4. The quantitative estimate of drug-likeness (QED) is 0.621. The van der Waals surface area contributed by atoms with E-state index in [9.17, 15) is 9.59 Å². The highest BCUT2D eigenvalue weighted by atomic mass is 32.1. The molecule has 0 unspecified atom stereocenters. The summed E-state index contributed by atoms with van der Waals surface area (Å²) in [6.07, 6.45) is 6.70. The van der Waals surface area contributed by atoms with Crippen LogP contribution in [0.5, 0.6) is 0 Å². The predicted molar refractivity (Wildman–Crippen MR) is 118 cm³/mol. The first-order chi connectivity index (χ1) is 14.6. The van der Waals surface area contributed by atoms with Crippen molar-refractivity contribution >= 4 is 27.5 Å². The molecule has 1 fully saturated rings. The summed E-state index contributed by atoms with van der Waals surface area (Å²) in [7, 11) is 0. The first kappa shape index (κ1) is 19.5. The molecule has 1 N–H and O–H groups in total. The molecule has 0 bridgehead atoms. The number of carbonyl (C=O) groups excluding carboxylic acids is 1. The first-order valence-electron chi connectivity index (χ1n) is 10.8. The van der Waals surface area contributed by atoms with Gasteiger partial charge in [-0.05, 0) is 49.1 Å². The Kier molecular flexibility index (Phi) is 4.97. The topological polar surface area (TPSA) is 72.0 Å². The Morgan fingerprint density at radius 2 is 2.03 bits per heavy atom. The van der Waals surface area contributed by atoms with Crippen molar-refractivity contribution in [1.29, 1.82) is 0 Å². The number of esters is 1. The fourth-order valence-corrected chi connectivity index (χ4v) is 6.48. The molecule has 0 saturated heterocycles. The van der Waals surface area contributed by atoms with Crippen LogP contribution in [0.3, 0.4) is 0 Å². The highest BCUT2D eigenvalue weighted by Gasteiger charge is 2.44. The highest BCUT2D eigenvalue weighted by Crippen LogP contribution is 2.42. The summed E-state index contributed by atoms with van der Waals surface area (Å²) in [5, 5.41) is 0.730. The number of thiophene rings is 1. The normalized spacial score (nSPS) is 20.2. The van der Waals surface area contributed by atoms with Crippen molar-refractivity contribution in [3.05, 3.63) is 62.5 Å². The summed E-state index contributed by atoms with van der Waals surface area (Å²) in [5.74, 6) is 0.854. The first-order valence-corrected chi connectivity index (χ1v) is 11.6. The van der Waals surface area contributed by atoms with E-state index < -0.39 is 5.41 Å². The maximum Gasteiger partial charge on any atom is 0.317 e. The third kappa shape index (κ3) is 3.27. The second-order valence-corrected chi connectivity index (χ2v) is 9.86. The van der Waals surface area contributed by atoms with Crippen LogP contribution in [0, 0.1) is 5.92 Å². The minimum atomic E-state index is -0.580. The van der Waals surface area contributed by atoms with Gasteiger partial charge in [0.2, 0.25) is 0 Å². The molecule has 156 valence electrons. The van der Waals surface area contributed by atoms with Crippen molar-refractivity contribution in [3.63, 3.8) is 0 Å². The number of fused-ring (bicyclic) bond motifs is 3. The minimum absolute atomic E-state index is 0.00241. The number of aromatic nitrogens is 2. The van der Waals surface area contributed by atoms with E-state index in [1.54, 1.807) is 11.3 Å². The zero-order valence-corrected chi connectivity index (χ0v) is 18.0. The van der Waals surface area contributed by atoms with E-state index in [2.05, 4.69) is 16.9 Å². The Morgan fingerprint density at radius 3 is 2.80 bits per heavy atom. The van der Waals surface area contributed by atoms with Crippen molar-refractivity contribution in [2.24, 2.45) is 5.92 Å². The van der Waals surface area contributed by atoms with Crippen LogP contribution in [-0.4, -0.2) is 15.9 Å². The molecule has 5 rings (SSSR count). The monoisotopic (exact) mass is 422 g/mol. The molecule has 0 amide bonds. The van der Waals surface area contributed by atoms with Gasteiger partial charge in [-0.2, -0.15) is 0 Å². The van der Waals surface area contributed by atoms with E-state index in [1.807, 2.05) is 30.3 Å². The molecule has 2 aromatic heterocycles. The van der Waals surface area contributed by atoms with E-state index in [0.29, 0.717) is 11.7 Å². The standard InChI is InChI=1S/C24H26N2O3S/c1-15-9-10-17-18(13-15)30-22-20(17)21(27)25-19(26-22)14-29-23(28)24(11-5-6-12-24)16-7-3-2-4-8-16/h2-4,7-8,15H,5-6,9-14H2,1H3,(H,25,26,27)/t15-/m0/s1. The summed E-state index contributed by atoms with van der Waals surface area (Å²) in [4.78, 5) is 35.5. The molecule has 1 atom stereocenters. The molecule has 5 nitrogen and oxygen atoms in total. The van der Waals surface area contributed by atoms with Crippen molar-refractivity contribution in [2.75, 3.05) is 0 Å². The number of aryl methyl sites for hydroxylation is 1. The maximum atomic E-state index is 13.1. The SMILES string of the molecule is C[C@H]1CCc2c(sc3nc(COC(=O)C4(c5ccccc5)CCCC4)[nH]c(=O)c23)C1. The van der Waals surface area contributed by atoms with Crippen LogP contribution in [-0.2, 0) is 34.4 Å². The third-order valence-corrected chi connectivity index (χ3v) is 7.88. The van der Waals surface area contributed by atoms with Crippen molar-refractivity contribution in [1.82, 2.24) is 9.97 Å². The zero-order chi connectivity index (χ0) is 20.7. The fourth-order valence-electron chi connectivity index (χ4n) is 5.08. The second kappa shape index (κ2) is 7.65. The molecule has 1 saturated carbocycles. The molecule has 0 radical (unpaired) electrons. The average molecular weight is 423 g/mol. The van der Waals surface area contributed by atoms with Gasteiger partial charge in [0.25, 0.3) is 5.56 Å². The van der Waals surface area contributed by atoms with Crippen molar-refractivity contribution < 1.29 is 9.53 Å². The van der Waals surface area contributed by atoms with Gasteiger partial charge in [0.05, 0.1) is 10.8 Å². The van der Waals surface area contributed by atoms with Crippen molar-refractivity contribution in [2.45, 2.75) is 63.9 Å². The lowest BCUT2D eigenvalue weighted by atomic mass is 9.79. The Hall–Kier alpha value is -2.47. The van der Waals surface area contributed by atoms with Crippen LogP contribution in [0.1, 0.15) is 60.9 Å². The number of carbonyl (C=O) groups is 1. The number of hydrogen-bond acceptors (Lipinski definition) is 5. The van der Waals surface area contributed by atoms with Crippen molar-refractivity contribution in [3.8, 4) is 0 Å². The Labute approximate surface area is 179 Å². The lowest BCUT2D eigenvalue weighted by molar-refractivity contribution is -0.152. The number of ether oxygens (including phenoxy) is 1. The summed E-state index contributed by atoms with van der Waals surface area (Å²) < 4.78 is 5.73. The number of nitrogens with zero attached hydrogens (tertiary/aromatic N) is 1. The van der Waals surface area contributed by atoms with Crippen LogP contribution in [0.2, 0.25) is 0 Å². The Balaban J connectivity index is 1.40. The Bertz CT molecular complexity index is 1140. The van der Waals surface area contributed by atoms with E-state index in [-0.39, 0.29) is 18.1 Å². The number of H-pyrrole nitrogens is 1. The molecule has 6 heteroatoms. The van der Waals surface area contributed by atoms with Gasteiger partial charge in [-0.15, -0.1) is 11.3 Å². The number of benzene rings is 1. The van der Waals surface area contributed by atoms with Gasteiger partial charge < -0.3 is 9.72 Å². The van der Waals surface area contributed by atoms with Crippen LogP contribution < -0.4 is 5.56 Å². The van der Waals surface area contributed by atoms with Gasteiger partial charge in [0.1, 0.15) is 17.3 Å². The maximum absolute atomic E-state index is 13.1. The van der Waals surface area contributed by atoms with E-state index in [1.165, 1.54) is 10.4 Å². The summed E-state index contributed by atoms with van der Waals surface area (Å²) in [6.45, 7) is 2.25. The van der Waals surface area contributed by atoms with Crippen LogP contribution in [0.4, 0.5) is 0 Å². The minimum Gasteiger partial charge on any atom is -0.457 e. The molecule has 2 heterocycles. The zero-order valence-electron chi connectivity index (χ0n) is 17.2. The molecular weight excluding hydrogens is 396 g/mol. The summed E-state index contributed by atoms with van der Waals surface area (Å²) >= 11 is 1.62. The number of hydrogen-bond donors (Lipinski definition) is 1. The lowest BCUT2D eigenvalue weighted by Gasteiger charge is -2.27. The van der Waals surface area contributed by atoms with Gasteiger partial charge >= 0.3 is 5.97 Å². The number of nitrogens with one attached hydrogen (secondary N) is 1. The molecule has 0 spiro atoms. The lowest BCUT2D eigenvalue weighted by Crippen LogP contribution is -2.34. The van der Waals surface area contributed by atoms with Crippen LogP contribution >= 0.6 is 11.3 Å². The van der Waals surface area contributed by atoms with Crippen LogP contribution in [0.15, 0.2) is 35.1 Å². The predicted octanol–water partition coefficient (Wildman–Crippen LogP) is 4.66. The smallest absolute Gasteiger partial charge is 0.317 e. The average Bonchev–Trinajstić information content (AvgIpc) is 3.38. The van der Waals surface area contributed by atoms with Gasteiger partial charge in [-0.25, -0.2) is 4.98 Å². The molecule has 2 aliphatic rings.